The van der Waals surface area contributed by atoms with Crippen molar-refractivity contribution in [2.75, 3.05) is 62.7 Å². The van der Waals surface area contributed by atoms with Gasteiger partial charge in [0, 0.05) is 86.6 Å². The molecule has 5 rings (SSSR count). The number of aromatic amines is 1. The largest absolute Gasteiger partial charge is 0.369 e. The number of H-pyrrole nitrogens is 1. The Morgan fingerprint density at radius 1 is 1.02 bits per heavy atom. The Balaban J connectivity index is 1.49. The SMILES string of the molecule is C=CC(=O)N1CCC(N(CC)c2cc(-c3ccc(N4CCN(C)CC4)cc3)cc(C(=O)NCc3c(C)cc(C)[nH]c3=O)c2C)C1. The number of benzene rings is 2. The Kier molecular flexibility index (Phi) is 9.77. The fourth-order valence-electron chi connectivity index (χ4n) is 6.65. The molecule has 0 bridgehead atoms. The van der Waals surface area contributed by atoms with Crippen LogP contribution in [0.2, 0.25) is 0 Å². The van der Waals surface area contributed by atoms with Crippen molar-refractivity contribution in [1.82, 2.24) is 20.1 Å². The standard InChI is InChI=1S/C36H46N6O3/c1-7-34(43)41-14-13-30(23-41)42(8-2)33-21-28(27-9-11-29(12-10-27)40-17-15-39(6)16-18-40)20-31(26(33)5)35(44)37-22-32-24(3)19-25(4)38-36(32)45/h7,9-12,19-21,30H,1,8,13-18,22-23H2,2-6H3,(H,37,44)(H,38,45). The van der Waals surface area contributed by atoms with Crippen molar-refractivity contribution in [2.24, 2.45) is 0 Å². The number of carbonyl (C=O) groups excluding carboxylic acids is 2. The third kappa shape index (κ3) is 6.99. The number of likely N-dealkylation sites (tertiary alicyclic amines) is 1. The van der Waals surface area contributed by atoms with Crippen molar-refractivity contribution >= 4 is 23.2 Å². The second-order valence-corrected chi connectivity index (χ2v) is 12.3. The maximum atomic E-state index is 13.8. The Morgan fingerprint density at radius 2 is 1.73 bits per heavy atom. The van der Waals surface area contributed by atoms with E-state index in [2.05, 4.69) is 75.9 Å². The van der Waals surface area contributed by atoms with Crippen LogP contribution in [0.1, 0.15) is 46.1 Å². The lowest BCUT2D eigenvalue weighted by Crippen LogP contribution is -2.44. The number of likely N-dealkylation sites (N-methyl/N-ethyl adjacent to an activating group) is 2. The highest BCUT2D eigenvalue weighted by molar-refractivity contribution is 5.99. The highest BCUT2D eigenvalue weighted by Crippen LogP contribution is 2.34. The van der Waals surface area contributed by atoms with Gasteiger partial charge in [-0.05, 0) is 99.8 Å². The molecule has 2 aliphatic heterocycles. The van der Waals surface area contributed by atoms with Crippen molar-refractivity contribution in [3.63, 3.8) is 0 Å². The third-order valence-corrected chi connectivity index (χ3v) is 9.35. The van der Waals surface area contributed by atoms with E-state index in [9.17, 15) is 14.4 Å². The lowest BCUT2D eigenvalue weighted by molar-refractivity contribution is -0.125. The normalized spacial score (nSPS) is 17.0. The molecule has 9 heteroatoms. The zero-order chi connectivity index (χ0) is 32.2. The minimum absolute atomic E-state index is 0.0547. The Morgan fingerprint density at radius 3 is 2.38 bits per heavy atom. The average Bonchev–Trinajstić information content (AvgIpc) is 3.51. The molecule has 3 heterocycles. The summed E-state index contributed by atoms with van der Waals surface area (Å²) in [5.74, 6) is -0.282. The second-order valence-electron chi connectivity index (χ2n) is 12.3. The number of rotatable bonds is 9. The van der Waals surface area contributed by atoms with Gasteiger partial charge >= 0.3 is 0 Å². The molecule has 2 aromatic carbocycles. The molecule has 0 radical (unpaired) electrons. The second kappa shape index (κ2) is 13.7. The molecule has 2 fully saturated rings. The molecule has 45 heavy (non-hydrogen) atoms. The topological polar surface area (TPSA) is 92.0 Å². The van der Waals surface area contributed by atoms with Gasteiger partial charge in [0.05, 0.1) is 0 Å². The summed E-state index contributed by atoms with van der Waals surface area (Å²) in [6, 6.07) is 14.8. The van der Waals surface area contributed by atoms with Crippen LogP contribution in [-0.4, -0.2) is 85.5 Å². The fraction of sp³-hybridized carbons (Fsp3) is 0.417. The van der Waals surface area contributed by atoms with E-state index in [1.807, 2.05) is 37.8 Å². The summed E-state index contributed by atoms with van der Waals surface area (Å²) in [7, 11) is 2.16. The fourth-order valence-corrected chi connectivity index (χ4v) is 6.65. The molecule has 0 aliphatic carbocycles. The molecule has 0 saturated carbocycles. The molecule has 1 unspecified atom stereocenters. The number of carbonyl (C=O) groups is 2. The van der Waals surface area contributed by atoms with Crippen LogP contribution < -0.4 is 20.7 Å². The molecule has 9 nitrogen and oxygen atoms in total. The van der Waals surface area contributed by atoms with Crippen LogP contribution in [0, 0.1) is 20.8 Å². The molecule has 2 saturated heterocycles. The molecular weight excluding hydrogens is 564 g/mol. The molecule has 2 aliphatic rings. The van der Waals surface area contributed by atoms with E-state index in [1.165, 1.54) is 11.8 Å². The maximum Gasteiger partial charge on any atom is 0.253 e. The zero-order valence-corrected chi connectivity index (χ0v) is 27.3. The van der Waals surface area contributed by atoms with Gasteiger partial charge in [-0.2, -0.15) is 0 Å². The molecule has 2 amide bonds. The summed E-state index contributed by atoms with van der Waals surface area (Å²) >= 11 is 0. The average molecular weight is 611 g/mol. The predicted molar refractivity (Wildman–Crippen MR) is 182 cm³/mol. The smallest absolute Gasteiger partial charge is 0.253 e. The lowest BCUT2D eigenvalue weighted by Gasteiger charge is -2.34. The molecule has 1 aromatic heterocycles. The van der Waals surface area contributed by atoms with E-state index >= 15 is 0 Å². The van der Waals surface area contributed by atoms with Gasteiger partial charge < -0.3 is 29.9 Å². The van der Waals surface area contributed by atoms with E-state index in [-0.39, 0.29) is 30.0 Å². The Hall–Kier alpha value is -4.37. The number of nitrogens with zero attached hydrogens (tertiary/aromatic N) is 4. The summed E-state index contributed by atoms with van der Waals surface area (Å²) < 4.78 is 0. The van der Waals surface area contributed by atoms with Gasteiger partial charge in [-0.1, -0.05) is 18.7 Å². The van der Waals surface area contributed by atoms with Gasteiger partial charge in [0.2, 0.25) is 5.91 Å². The third-order valence-electron chi connectivity index (χ3n) is 9.35. The number of piperazine rings is 1. The zero-order valence-electron chi connectivity index (χ0n) is 27.3. The van der Waals surface area contributed by atoms with Crippen LogP contribution >= 0.6 is 0 Å². The Bertz CT molecular complexity index is 1620. The van der Waals surface area contributed by atoms with Gasteiger partial charge in [0.25, 0.3) is 11.5 Å². The molecule has 0 spiro atoms. The number of aromatic nitrogens is 1. The van der Waals surface area contributed by atoms with E-state index in [0.29, 0.717) is 24.2 Å². The molecule has 3 aromatic rings. The quantitative estimate of drug-likeness (QED) is 0.352. The lowest BCUT2D eigenvalue weighted by atomic mass is 9.95. The van der Waals surface area contributed by atoms with Gasteiger partial charge in [0.1, 0.15) is 0 Å². The number of amides is 2. The van der Waals surface area contributed by atoms with Crippen LogP contribution in [0.15, 0.2) is 59.9 Å². The van der Waals surface area contributed by atoms with Gasteiger partial charge in [-0.15, -0.1) is 0 Å². The monoisotopic (exact) mass is 610 g/mol. The first kappa shape index (κ1) is 32.0. The number of hydrogen-bond acceptors (Lipinski definition) is 6. The number of pyridine rings is 1. The predicted octanol–water partition coefficient (Wildman–Crippen LogP) is 4.26. The van der Waals surface area contributed by atoms with Gasteiger partial charge in [-0.3, -0.25) is 14.4 Å². The first-order chi connectivity index (χ1) is 21.6. The van der Waals surface area contributed by atoms with E-state index in [4.69, 9.17) is 0 Å². The van der Waals surface area contributed by atoms with Crippen molar-refractivity contribution in [3.8, 4) is 11.1 Å². The Labute approximate surface area is 266 Å². The van der Waals surface area contributed by atoms with E-state index < -0.39 is 0 Å². The molecule has 2 N–H and O–H groups in total. The van der Waals surface area contributed by atoms with Crippen molar-refractivity contribution in [2.45, 2.75) is 46.7 Å². The summed E-state index contributed by atoms with van der Waals surface area (Å²) in [6.45, 7) is 17.7. The van der Waals surface area contributed by atoms with Crippen LogP contribution in [0.4, 0.5) is 11.4 Å². The number of nitrogens with one attached hydrogen (secondary N) is 2. The maximum absolute atomic E-state index is 13.8. The van der Waals surface area contributed by atoms with Crippen LogP contribution in [0.5, 0.6) is 0 Å². The molecule has 1 atom stereocenters. The number of hydrogen-bond donors (Lipinski definition) is 2. The summed E-state index contributed by atoms with van der Waals surface area (Å²) in [5.41, 5.74) is 7.60. The van der Waals surface area contributed by atoms with E-state index in [1.54, 1.807) is 0 Å². The van der Waals surface area contributed by atoms with Crippen molar-refractivity contribution in [1.29, 1.82) is 0 Å². The number of anilines is 2. The van der Waals surface area contributed by atoms with Crippen molar-refractivity contribution in [3.05, 3.63) is 93.4 Å². The van der Waals surface area contributed by atoms with Crippen LogP contribution in [0.25, 0.3) is 11.1 Å². The highest BCUT2D eigenvalue weighted by Gasteiger charge is 2.31. The van der Waals surface area contributed by atoms with Gasteiger partial charge in [0.15, 0.2) is 0 Å². The molecular formula is C36H46N6O3. The first-order valence-electron chi connectivity index (χ1n) is 15.9. The van der Waals surface area contributed by atoms with Crippen LogP contribution in [-0.2, 0) is 11.3 Å². The summed E-state index contributed by atoms with van der Waals surface area (Å²) in [5, 5.41) is 3.02. The van der Waals surface area contributed by atoms with Crippen LogP contribution in [0.3, 0.4) is 0 Å². The minimum atomic E-state index is -0.227. The summed E-state index contributed by atoms with van der Waals surface area (Å²) in [6.07, 6.45) is 2.22. The van der Waals surface area contributed by atoms with Crippen molar-refractivity contribution < 1.29 is 9.59 Å². The first-order valence-corrected chi connectivity index (χ1v) is 15.9. The number of aryl methyl sites for hydroxylation is 2. The molecule has 238 valence electrons. The summed E-state index contributed by atoms with van der Waals surface area (Å²) in [4.78, 5) is 50.6. The minimum Gasteiger partial charge on any atom is -0.369 e. The van der Waals surface area contributed by atoms with E-state index in [0.717, 1.165) is 72.8 Å². The van der Waals surface area contributed by atoms with Gasteiger partial charge in [-0.25, -0.2) is 0 Å². The highest BCUT2D eigenvalue weighted by atomic mass is 16.2.